The van der Waals surface area contributed by atoms with Gasteiger partial charge < -0.3 is 10.2 Å². The minimum atomic E-state index is -0.506. The maximum absolute atomic E-state index is 10.9. The van der Waals surface area contributed by atoms with Crippen LogP contribution in [-0.2, 0) is 0 Å². The topological polar surface area (TPSA) is 40.5 Å². The predicted octanol–water partition coefficient (Wildman–Crippen LogP) is 4.43. The molecule has 22 heavy (non-hydrogen) atoms. The average molecular weight is 416 g/mol. The number of allylic oxidation sites excluding steroid dienone is 1. The predicted molar refractivity (Wildman–Crippen MR) is 96.7 cm³/mol. The zero-order valence-corrected chi connectivity index (χ0v) is 16.0. The van der Waals surface area contributed by atoms with E-state index >= 15 is 0 Å². The second kappa shape index (κ2) is 4.95. The summed E-state index contributed by atoms with van der Waals surface area (Å²) in [5.41, 5.74) is 1.96. The standard InChI is InChI=1S/C19H29IO2/c1-17-8-5-13(21)11-12(17)3-4-14-15(17)6-9-18(2)16(14)7-10-19(18,20)22/h3,13-16,21-22H,4-11H2,1-2H3/t13?,14-,15-,16+,17+,18+,19?/m1/s1. The minimum absolute atomic E-state index is 0.102. The van der Waals surface area contributed by atoms with Gasteiger partial charge >= 0.3 is 0 Å². The summed E-state index contributed by atoms with van der Waals surface area (Å²) >= 11 is 2.33. The van der Waals surface area contributed by atoms with Gasteiger partial charge in [-0.05, 0) is 97.1 Å². The van der Waals surface area contributed by atoms with Crippen molar-refractivity contribution >= 4 is 22.6 Å². The van der Waals surface area contributed by atoms with Crippen molar-refractivity contribution in [2.45, 2.75) is 74.9 Å². The molecule has 4 aliphatic rings. The van der Waals surface area contributed by atoms with E-state index in [1.807, 2.05) is 0 Å². The highest BCUT2D eigenvalue weighted by Gasteiger charge is 2.62. The molecule has 0 radical (unpaired) electrons. The Kier molecular flexibility index (Phi) is 3.57. The van der Waals surface area contributed by atoms with Crippen LogP contribution in [0.15, 0.2) is 11.6 Å². The summed E-state index contributed by atoms with van der Waals surface area (Å²) in [6.07, 6.45) is 11.1. The zero-order valence-electron chi connectivity index (χ0n) is 13.8. The molecule has 0 aliphatic heterocycles. The molecule has 3 heteroatoms. The molecule has 2 nitrogen and oxygen atoms in total. The first kappa shape index (κ1) is 15.9. The molecule has 3 saturated carbocycles. The Labute approximate surface area is 147 Å². The molecular formula is C19H29IO2. The van der Waals surface area contributed by atoms with Crippen molar-refractivity contribution in [2.75, 3.05) is 0 Å². The zero-order chi connectivity index (χ0) is 15.8. The third kappa shape index (κ3) is 1.97. The smallest absolute Gasteiger partial charge is 0.121 e. The molecule has 4 aliphatic carbocycles. The Morgan fingerprint density at radius 1 is 1.09 bits per heavy atom. The highest BCUT2D eigenvalue weighted by molar-refractivity contribution is 14.1. The number of alkyl halides is 1. The molecule has 0 heterocycles. The molecule has 0 amide bonds. The van der Waals surface area contributed by atoms with Gasteiger partial charge in [0.25, 0.3) is 0 Å². The first-order valence-corrected chi connectivity index (χ1v) is 10.1. The number of aliphatic hydroxyl groups is 2. The Morgan fingerprint density at radius 3 is 2.59 bits per heavy atom. The fourth-order valence-corrected chi connectivity index (χ4v) is 7.58. The van der Waals surface area contributed by atoms with Gasteiger partial charge in [-0.3, -0.25) is 0 Å². The van der Waals surface area contributed by atoms with Gasteiger partial charge in [-0.2, -0.15) is 0 Å². The Balaban J connectivity index is 1.69. The van der Waals surface area contributed by atoms with E-state index in [4.69, 9.17) is 0 Å². The first-order valence-electron chi connectivity index (χ1n) is 9.07. The normalized spacial score (nSPS) is 57.6. The molecule has 2 N–H and O–H groups in total. The van der Waals surface area contributed by atoms with Gasteiger partial charge in [0, 0.05) is 5.41 Å². The molecule has 2 unspecified atom stereocenters. The molecule has 0 bridgehead atoms. The van der Waals surface area contributed by atoms with Crippen molar-refractivity contribution in [3.8, 4) is 0 Å². The molecule has 124 valence electrons. The Morgan fingerprint density at radius 2 is 1.82 bits per heavy atom. The van der Waals surface area contributed by atoms with E-state index in [1.54, 1.807) is 5.57 Å². The molecule has 0 spiro atoms. The van der Waals surface area contributed by atoms with Crippen LogP contribution in [0.4, 0.5) is 0 Å². The SMILES string of the molecule is C[C@]12CCC(O)CC1=CC[C@@H]1[C@H]2CC[C@@]2(C)[C@H]1CCC2(O)I. The second-order valence-corrected chi connectivity index (χ2v) is 10.7. The number of rotatable bonds is 0. The quantitative estimate of drug-likeness (QED) is 0.348. The molecule has 7 atom stereocenters. The fraction of sp³-hybridized carbons (Fsp3) is 0.895. The van der Waals surface area contributed by atoms with Gasteiger partial charge in [-0.15, -0.1) is 0 Å². The average Bonchev–Trinajstić information content (AvgIpc) is 2.70. The monoisotopic (exact) mass is 416 g/mol. The molecule has 0 saturated heterocycles. The van der Waals surface area contributed by atoms with Crippen molar-refractivity contribution in [1.29, 1.82) is 0 Å². The van der Waals surface area contributed by atoms with Gasteiger partial charge in [0.2, 0.25) is 0 Å². The summed E-state index contributed by atoms with van der Waals surface area (Å²) in [6.45, 7) is 4.81. The summed E-state index contributed by atoms with van der Waals surface area (Å²) in [5, 5.41) is 21.0. The lowest BCUT2D eigenvalue weighted by Gasteiger charge is -2.58. The Hall–Kier alpha value is 0.390. The minimum Gasteiger partial charge on any atom is -0.393 e. The first-order chi connectivity index (χ1) is 10.3. The van der Waals surface area contributed by atoms with E-state index in [-0.39, 0.29) is 11.5 Å². The van der Waals surface area contributed by atoms with Gasteiger partial charge in [0.15, 0.2) is 0 Å². The van der Waals surface area contributed by atoms with Crippen LogP contribution in [0.25, 0.3) is 0 Å². The highest BCUT2D eigenvalue weighted by Crippen LogP contribution is 2.68. The Bertz CT molecular complexity index is 514. The molecule has 0 aromatic heterocycles. The van der Waals surface area contributed by atoms with Crippen molar-refractivity contribution in [3.05, 3.63) is 11.6 Å². The second-order valence-electron chi connectivity index (χ2n) is 8.91. The lowest BCUT2D eigenvalue weighted by Crippen LogP contribution is -2.53. The number of aliphatic hydroxyl groups excluding tert-OH is 1. The molecule has 0 aromatic rings. The van der Waals surface area contributed by atoms with E-state index in [1.165, 1.54) is 25.7 Å². The maximum Gasteiger partial charge on any atom is 0.121 e. The van der Waals surface area contributed by atoms with Crippen LogP contribution in [0.3, 0.4) is 0 Å². The molecule has 3 fully saturated rings. The summed E-state index contributed by atoms with van der Waals surface area (Å²) in [4.78, 5) is 0. The maximum atomic E-state index is 10.9. The van der Waals surface area contributed by atoms with E-state index in [0.29, 0.717) is 11.3 Å². The van der Waals surface area contributed by atoms with Crippen LogP contribution in [-0.4, -0.2) is 19.9 Å². The summed E-state index contributed by atoms with van der Waals surface area (Å²) in [6, 6.07) is 0. The number of hydrogen-bond donors (Lipinski definition) is 2. The van der Waals surface area contributed by atoms with Crippen LogP contribution in [0.1, 0.15) is 65.2 Å². The third-order valence-corrected chi connectivity index (χ3v) is 9.90. The van der Waals surface area contributed by atoms with Crippen molar-refractivity contribution < 1.29 is 10.2 Å². The summed E-state index contributed by atoms with van der Waals surface area (Å²) < 4.78 is -0.506. The molecule has 0 aromatic carbocycles. The highest BCUT2D eigenvalue weighted by atomic mass is 127. The summed E-state index contributed by atoms with van der Waals surface area (Å²) in [7, 11) is 0. The van der Waals surface area contributed by atoms with Gasteiger partial charge in [0.1, 0.15) is 3.61 Å². The van der Waals surface area contributed by atoms with Crippen LogP contribution in [0.5, 0.6) is 0 Å². The van der Waals surface area contributed by atoms with E-state index < -0.39 is 3.61 Å². The van der Waals surface area contributed by atoms with Crippen LogP contribution >= 0.6 is 22.6 Å². The molecule has 4 rings (SSSR count). The van der Waals surface area contributed by atoms with Gasteiger partial charge in [0.05, 0.1) is 6.10 Å². The van der Waals surface area contributed by atoms with Gasteiger partial charge in [-0.1, -0.05) is 25.5 Å². The van der Waals surface area contributed by atoms with Crippen LogP contribution in [0.2, 0.25) is 0 Å². The van der Waals surface area contributed by atoms with Crippen molar-refractivity contribution in [2.24, 2.45) is 28.6 Å². The van der Waals surface area contributed by atoms with Gasteiger partial charge in [-0.25, -0.2) is 0 Å². The van der Waals surface area contributed by atoms with Crippen LogP contribution < -0.4 is 0 Å². The number of halogens is 1. The van der Waals surface area contributed by atoms with E-state index in [0.717, 1.165) is 37.5 Å². The van der Waals surface area contributed by atoms with Crippen molar-refractivity contribution in [1.82, 2.24) is 0 Å². The number of fused-ring (bicyclic) bond motifs is 5. The third-order valence-electron chi connectivity index (χ3n) is 8.13. The van der Waals surface area contributed by atoms with E-state index in [2.05, 4.69) is 42.5 Å². The molecular weight excluding hydrogens is 387 g/mol. The van der Waals surface area contributed by atoms with Crippen molar-refractivity contribution in [3.63, 3.8) is 0 Å². The number of hydrogen-bond acceptors (Lipinski definition) is 2. The van der Waals surface area contributed by atoms with Crippen LogP contribution in [0, 0.1) is 28.6 Å². The summed E-state index contributed by atoms with van der Waals surface area (Å²) in [5.74, 6) is 2.18. The van der Waals surface area contributed by atoms with E-state index in [9.17, 15) is 10.2 Å². The fourth-order valence-electron chi connectivity index (χ4n) is 6.60. The lowest BCUT2D eigenvalue weighted by atomic mass is 9.48. The largest absolute Gasteiger partial charge is 0.393 e. The lowest BCUT2D eigenvalue weighted by molar-refractivity contribution is -0.0771.